The van der Waals surface area contributed by atoms with Crippen molar-refractivity contribution in [2.24, 2.45) is 0 Å². The van der Waals surface area contributed by atoms with Gasteiger partial charge in [-0.3, -0.25) is 9.97 Å². The van der Waals surface area contributed by atoms with Crippen LogP contribution in [0.3, 0.4) is 0 Å². The van der Waals surface area contributed by atoms with Crippen LogP contribution in [0, 0.1) is 0 Å². The maximum atomic E-state index is 4.93. The molecule has 5 aromatic carbocycles. The molecule has 2 nitrogen and oxygen atoms in total. The molecule has 7 rings (SSSR count). The highest BCUT2D eigenvalue weighted by molar-refractivity contribution is 6.22. The minimum Gasteiger partial charge on any atom is -0.256 e. The van der Waals surface area contributed by atoms with E-state index in [2.05, 4.69) is 103 Å². The average Bonchev–Trinajstić information content (AvgIpc) is 2.91. The van der Waals surface area contributed by atoms with E-state index in [4.69, 9.17) is 9.97 Å². The van der Waals surface area contributed by atoms with Gasteiger partial charge in [0.1, 0.15) is 0 Å². The van der Waals surface area contributed by atoms with Crippen LogP contribution in [0.15, 0.2) is 122 Å². The largest absolute Gasteiger partial charge is 0.256 e. The van der Waals surface area contributed by atoms with Crippen LogP contribution in [0.1, 0.15) is 0 Å². The van der Waals surface area contributed by atoms with Crippen molar-refractivity contribution >= 4 is 43.2 Å². The summed E-state index contributed by atoms with van der Waals surface area (Å²) < 4.78 is 0. The monoisotopic (exact) mass is 432 g/mol. The van der Waals surface area contributed by atoms with Crippen LogP contribution >= 0.6 is 0 Å². The molecule has 34 heavy (non-hydrogen) atoms. The van der Waals surface area contributed by atoms with Crippen LogP contribution in [0.4, 0.5) is 0 Å². The van der Waals surface area contributed by atoms with Gasteiger partial charge in [-0.15, -0.1) is 0 Å². The van der Waals surface area contributed by atoms with E-state index >= 15 is 0 Å². The zero-order valence-electron chi connectivity index (χ0n) is 18.4. The van der Waals surface area contributed by atoms with Crippen molar-refractivity contribution in [3.05, 3.63) is 122 Å². The molecule has 0 radical (unpaired) electrons. The third-order valence-corrected chi connectivity index (χ3v) is 6.73. The first kappa shape index (κ1) is 19.0. The van der Waals surface area contributed by atoms with E-state index in [1.54, 1.807) is 0 Å². The summed E-state index contributed by atoms with van der Waals surface area (Å²) in [7, 11) is 0. The molecule has 0 atom stereocenters. The summed E-state index contributed by atoms with van der Waals surface area (Å²) in [6.45, 7) is 0. The third-order valence-electron chi connectivity index (χ3n) is 6.73. The zero-order chi connectivity index (χ0) is 22.5. The highest BCUT2D eigenvalue weighted by Crippen LogP contribution is 2.44. The van der Waals surface area contributed by atoms with E-state index < -0.39 is 0 Å². The summed E-state index contributed by atoms with van der Waals surface area (Å²) in [6, 6.07) is 38.6. The predicted octanol–water partition coefficient (Wildman–Crippen LogP) is 8.42. The Morgan fingerprint density at radius 3 is 1.94 bits per heavy atom. The Labute approximate surface area is 197 Å². The van der Waals surface area contributed by atoms with E-state index in [1.165, 1.54) is 38.1 Å². The van der Waals surface area contributed by atoms with Gasteiger partial charge in [-0.1, -0.05) is 91.0 Å². The van der Waals surface area contributed by atoms with Gasteiger partial charge in [0.05, 0.1) is 11.2 Å². The minimum atomic E-state index is 0.998. The van der Waals surface area contributed by atoms with Crippen molar-refractivity contribution in [2.75, 3.05) is 0 Å². The maximum Gasteiger partial charge on any atom is 0.0793 e. The first-order chi connectivity index (χ1) is 16.9. The lowest BCUT2D eigenvalue weighted by atomic mass is 9.88. The third kappa shape index (κ3) is 2.82. The molecule has 7 aromatic rings. The van der Waals surface area contributed by atoms with Crippen LogP contribution in [0.5, 0.6) is 0 Å². The number of hydrogen-bond donors (Lipinski definition) is 0. The number of pyridine rings is 2. The average molecular weight is 433 g/mol. The second kappa shape index (κ2) is 7.50. The maximum absolute atomic E-state index is 4.93. The number of benzene rings is 5. The fraction of sp³-hybridized carbons (Fsp3) is 0. The van der Waals surface area contributed by atoms with Gasteiger partial charge in [-0.2, -0.15) is 0 Å². The standard InChI is InChI=1S/C32H20N2/c1-2-10-23-20-24(16-15-21(23)8-1)29-26-12-5-6-13-27(26)30(28-14-7-18-33-32(28)29)31-25-11-4-3-9-22(25)17-19-34-31/h1-20H. The fourth-order valence-corrected chi connectivity index (χ4v) is 5.21. The molecule has 2 heterocycles. The lowest BCUT2D eigenvalue weighted by molar-refractivity contribution is 1.36. The van der Waals surface area contributed by atoms with Gasteiger partial charge >= 0.3 is 0 Å². The number of hydrogen-bond acceptors (Lipinski definition) is 2. The normalized spacial score (nSPS) is 11.5. The molecule has 0 N–H and O–H groups in total. The van der Waals surface area contributed by atoms with E-state index in [1.807, 2.05) is 18.5 Å². The highest BCUT2D eigenvalue weighted by Gasteiger charge is 2.19. The molecule has 158 valence electrons. The summed E-state index contributed by atoms with van der Waals surface area (Å²) >= 11 is 0. The van der Waals surface area contributed by atoms with E-state index in [0.717, 1.165) is 27.5 Å². The van der Waals surface area contributed by atoms with Crippen molar-refractivity contribution in [3.8, 4) is 22.4 Å². The minimum absolute atomic E-state index is 0.998. The van der Waals surface area contributed by atoms with Crippen molar-refractivity contribution in [1.29, 1.82) is 0 Å². The van der Waals surface area contributed by atoms with Crippen LogP contribution in [0.2, 0.25) is 0 Å². The van der Waals surface area contributed by atoms with Crippen molar-refractivity contribution in [1.82, 2.24) is 9.97 Å². The quantitative estimate of drug-likeness (QED) is 0.256. The van der Waals surface area contributed by atoms with Crippen molar-refractivity contribution in [3.63, 3.8) is 0 Å². The Bertz CT molecular complexity index is 1810. The van der Waals surface area contributed by atoms with Crippen molar-refractivity contribution in [2.45, 2.75) is 0 Å². The first-order valence-corrected chi connectivity index (χ1v) is 11.5. The summed E-state index contributed by atoms with van der Waals surface area (Å²) in [5, 5.41) is 8.31. The topological polar surface area (TPSA) is 25.8 Å². The van der Waals surface area contributed by atoms with Gasteiger partial charge in [0, 0.05) is 34.3 Å². The molecule has 0 saturated carbocycles. The fourth-order valence-electron chi connectivity index (χ4n) is 5.21. The molecule has 0 amide bonds. The lowest BCUT2D eigenvalue weighted by Gasteiger charge is -2.17. The van der Waals surface area contributed by atoms with Crippen LogP contribution in [-0.2, 0) is 0 Å². The van der Waals surface area contributed by atoms with Gasteiger partial charge in [-0.25, -0.2) is 0 Å². The number of fused-ring (bicyclic) bond motifs is 4. The van der Waals surface area contributed by atoms with Gasteiger partial charge in [0.2, 0.25) is 0 Å². The number of aromatic nitrogens is 2. The molecule has 0 fully saturated rings. The zero-order valence-corrected chi connectivity index (χ0v) is 18.4. The number of rotatable bonds is 2. The Morgan fingerprint density at radius 1 is 0.412 bits per heavy atom. The molecular formula is C32H20N2. The summed E-state index contributed by atoms with van der Waals surface area (Å²) in [4.78, 5) is 9.82. The molecule has 0 unspecified atom stereocenters. The Morgan fingerprint density at radius 2 is 1.09 bits per heavy atom. The molecule has 0 spiro atoms. The smallest absolute Gasteiger partial charge is 0.0793 e. The van der Waals surface area contributed by atoms with Gasteiger partial charge in [-0.05, 0) is 50.7 Å². The Hall–Kier alpha value is -4.56. The van der Waals surface area contributed by atoms with Crippen LogP contribution < -0.4 is 0 Å². The second-order valence-corrected chi connectivity index (χ2v) is 8.64. The molecule has 0 bridgehead atoms. The second-order valence-electron chi connectivity index (χ2n) is 8.64. The predicted molar refractivity (Wildman–Crippen MR) is 143 cm³/mol. The summed E-state index contributed by atoms with van der Waals surface area (Å²) in [5.74, 6) is 0. The van der Waals surface area contributed by atoms with Gasteiger partial charge in [0.25, 0.3) is 0 Å². The van der Waals surface area contributed by atoms with E-state index in [0.29, 0.717) is 0 Å². The van der Waals surface area contributed by atoms with E-state index in [9.17, 15) is 0 Å². The Balaban J connectivity index is 1.66. The van der Waals surface area contributed by atoms with Crippen LogP contribution in [0.25, 0.3) is 65.6 Å². The molecular weight excluding hydrogens is 412 g/mol. The first-order valence-electron chi connectivity index (χ1n) is 11.5. The molecule has 0 aliphatic carbocycles. The van der Waals surface area contributed by atoms with E-state index in [-0.39, 0.29) is 0 Å². The molecule has 0 aliphatic rings. The van der Waals surface area contributed by atoms with Crippen molar-refractivity contribution < 1.29 is 0 Å². The molecule has 0 saturated heterocycles. The summed E-state index contributed by atoms with van der Waals surface area (Å²) in [6.07, 6.45) is 3.80. The van der Waals surface area contributed by atoms with Gasteiger partial charge < -0.3 is 0 Å². The molecule has 0 aliphatic heterocycles. The summed E-state index contributed by atoms with van der Waals surface area (Å²) in [5.41, 5.74) is 5.48. The van der Waals surface area contributed by atoms with Gasteiger partial charge in [0.15, 0.2) is 0 Å². The lowest BCUT2D eigenvalue weighted by Crippen LogP contribution is -1.94. The SMILES string of the molecule is c1ccc2cc(-c3c4ccccc4c(-c4nccc5ccccc45)c4cccnc34)ccc2c1. The highest BCUT2D eigenvalue weighted by atomic mass is 14.7. The van der Waals surface area contributed by atoms with Crippen LogP contribution in [-0.4, -0.2) is 9.97 Å². The molecule has 2 heteroatoms. The molecule has 2 aromatic heterocycles. The number of nitrogens with zero attached hydrogens (tertiary/aromatic N) is 2. The Kier molecular flexibility index (Phi) is 4.18.